The lowest BCUT2D eigenvalue weighted by atomic mass is 10.1. The van der Waals surface area contributed by atoms with Gasteiger partial charge >= 0.3 is 23.9 Å². The van der Waals surface area contributed by atoms with Crippen LogP contribution in [-0.4, -0.2) is 150 Å². The summed E-state index contributed by atoms with van der Waals surface area (Å²) in [7, 11) is 0. The van der Waals surface area contributed by atoms with E-state index in [-0.39, 0.29) is 52.2 Å². The number of nitrogens with one attached hydrogen (secondary N) is 7. The van der Waals surface area contributed by atoms with E-state index in [4.69, 9.17) is 32.9 Å². The molecule has 6 aromatic carbocycles. The minimum Gasteiger partial charge on any atom is -0.462 e. The number of esters is 3. The largest absolute Gasteiger partial charge is 0.462 e. The molecule has 0 aliphatic rings. The molecule has 0 amide bonds. The number of fused-ring (bicyclic) bond motifs is 5. The van der Waals surface area contributed by atoms with Crippen LogP contribution in [0.3, 0.4) is 0 Å². The van der Waals surface area contributed by atoms with Crippen molar-refractivity contribution < 1.29 is 56.7 Å². The highest BCUT2D eigenvalue weighted by molar-refractivity contribution is 6.00. The summed E-state index contributed by atoms with van der Waals surface area (Å²) in [6, 6.07) is 40.7. The van der Waals surface area contributed by atoms with Crippen molar-refractivity contribution in [3.05, 3.63) is 167 Å². The van der Waals surface area contributed by atoms with Crippen LogP contribution in [0.2, 0.25) is 0 Å². The minimum absolute atomic E-state index is 0.109. The molecule has 8 aromatic heterocycles. The first-order chi connectivity index (χ1) is 52.5. The SMILES string of the molecule is CCOC(=O)c1ccc(Nc2nc3nonc3nc2N(CC)CC)cc1.CCOC(=O)c1ccc(Nc2nc3nonc3nc2N/N=C/c2cccc3ccccc23)cc1.CCOC(=O)c1ccc(Nc2nc3nonc3nc2NOC(C)=O)cc1.Cc1cccc(Nc2nc3nonc3nc2NC(C)C)c1C. The lowest BCUT2D eigenvalue weighted by molar-refractivity contribution is -0.138. The summed E-state index contributed by atoms with van der Waals surface area (Å²) in [4.78, 5) is 88.1. The zero-order valence-corrected chi connectivity index (χ0v) is 59.8. The summed E-state index contributed by atoms with van der Waals surface area (Å²) in [5.74, 6) is 1.75. The van der Waals surface area contributed by atoms with Crippen LogP contribution in [0.4, 0.5) is 69.3 Å². The summed E-state index contributed by atoms with van der Waals surface area (Å²) >= 11 is 0. The molecule has 8 heterocycles. The zero-order chi connectivity index (χ0) is 76.1. The number of hydrogen-bond acceptors (Lipinski definition) is 37. The average molecular weight is 1470 g/mol. The number of aryl methyl sites for hydroxylation is 1. The summed E-state index contributed by atoms with van der Waals surface area (Å²) in [6.07, 6.45) is 1.72. The zero-order valence-electron chi connectivity index (χ0n) is 59.8. The molecule has 14 aromatic rings. The molecule has 108 heavy (non-hydrogen) atoms. The fraction of sp³-hybridized carbons (Fsp3) is 0.225. The number of benzene rings is 6. The highest BCUT2D eigenvalue weighted by atomic mass is 16.7. The number of hydrazone groups is 1. The maximum Gasteiger partial charge on any atom is 0.338 e. The molecule has 0 unspecified atom stereocenters. The summed E-state index contributed by atoms with van der Waals surface area (Å²) in [5.41, 5.74) is 15.3. The van der Waals surface area contributed by atoms with Gasteiger partial charge in [-0.25, -0.2) is 62.8 Å². The molecule has 0 saturated carbocycles. The molecule has 0 bridgehead atoms. The molecule has 0 atom stereocenters. The van der Waals surface area contributed by atoms with Gasteiger partial charge < -0.3 is 50.5 Å². The van der Waals surface area contributed by atoms with E-state index in [1.54, 1.807) is 99.8 Å². The summed E-state index contributed by atoms with van der Waals surface area (Å²) in [6.45, 7) is 21.3. The van der Waals surface area contributed by atoms with Crippen molar-refractivity contribution in [3.63, 3.8) is 0 Å². The van der Waals surface area contributed by atoms with Crippen molar-refractivity contribution in [1.29, 1.82) is 0 Å². The van der Waals surface area contributed by atoms with Crippen LogP contribution in [0.1, 0.15) is 103 Å². The second-order valence-corrected chi connectivity index (χ2v) is 23.1. The predicted octanol–water partition coefficient (Wildman–Crippen LogP) is 12.3. The Bertz CT molecular complexity index is 5450. The Morgan fingerprint density at radius 1 is 0.454 bits per heavy atom. The minimum atomic E-state index is -0.560. The molecule has 0 aliphatic carbocycles. The van der Waals surface area contributed by atoms with Gasteiger partial charge in [-0.3, -0.25) is 10.2 Å². The number of nitrogens with zero attached hydrogens (tertiary/aromatic N) is 18. The molecular weight excluding hydrogens is 1390 g/mol. The molecule has 37 nitrogen and oxygen atoms in total. The number of carbonyl (C=O) groups excluding carboxylic acids is 4. The third kappa shape index (κ3) is 19.0. The average Bonchev–Trinajstić information content (AvgIpc) is 1.53. The van der Waals surface area contributed by atoms with E-state index in [0.717, 1.165) is 46.4 Å². The Labute approximate surface area is 613 Å². The van der Waals surface area contributed by atoms with E-state index in [2.05, 4.69) is 153 Å². The normalized spacial score (nSPS) is 10.9. The van der Waals surface area contributed by atoms with Crippen LogP contribution in [0.15, 0.2) is 157 Å². The van der Waals surface area contributed by atoms with Gasteiger partial charge in [0.25, 0.3) is 0 Å². The van der Waals surface area contributed by atoms with Crippen molar-refractivity contribution in [2.75, 3.05) is 75.3 Å². The van der Waals surface area contributed by atoms with Gasteiger partial charge in [0.05, 0.1) is 42.7 Å². The van der Waals surface area contributed by atoms with E-state index < -0.39 is 11.9 Å². The molecule has 0 radical (unpaired) electrons. The van der Waals surface area contributed by atoms with Crippen molar-refractivity contribution in [2.24, 2.45) is 5.10 Å². The first-order valence-corrected chi connectivity index (χ1v) is 33.7. The fourth-order valence-electron chi connectivity index (χ4n) is 9.94. The second kappa shape index (κ2) is 35.6. The molecule has 14 rings (SSSR count). The number of aromatic nitrogens is 16. The second-order valence-electron chi connectivity index (χ2n) is 23.1. The van der Waals surface area contributed by atoms with Crippen LogP contribution in [-0.2, 0) is 23.8 Å². The molecule has 0 spiro atoms. The van der Waals surface area contributed by atoms with Crippen molar-refractivity contribution in [2.45, 2.75) is 75.3 Å². The van der Waals surface area contributed by atoms with E-state index in [1.807, 2.05) is 82.3 Å². The lowest BCUT2D eigenvalue weighted by Crippen LogP contribution is -2.24. The maximum absolute atomic E-state index is 11.9. The molecule has 0 saturated heterocycles. The predicted molar refractivity (Wildman–Crippen MR) is 399 cm³/mol. The van der Waals surface area contributed by atoms with E-state index in [9.17, 15) is 19.2 Å². The number of hydrogen-bond donors (Lipinski definition) is 7. The van der Waals surface area contributed by atoms with E-state index >= 15 is 0 Å². The van der Waals surface area contributed by atoms with Crippen LogP contribution in [0.25, 0.3) is 55.9 Å². The van der Waals surface area contributed by atoms with Gasteiger partial charge in [0.15, 0.2) is 40.7 Å². The summed E-state index contributed by atoms with van der Waals surface area (Å²) in [5, 5.41) is 52.2. The lowest BCUT2D eigenvalue weighted by Gasteiger charge is -2.22. The monoisotopic (exact) mass is 1470 g/mol. The molecular formula is C71H71N25O12. The first-order valence-electron chi connectivity index (χ1n) is 33.7. The molecule has 0 aliphatic heterocycles. The third-order valence-electron chi connectivity index (χ3n) is 15.3. The first kappa shape index (κ1) is 74.6. The van der Waals surface area contributed by atoms with Crippen molar-refractivity contribution in [3.8, 4) is 0 Å². The Morgan fingerprint density at radius 3 is 1.31 bits per heavy atom. The molecule has 552 valence electrons. The molecule has 37 heteroatoms. The fourth-order valence-corrected chi connectivity index (χ4v) is 9.94. The smallest absolute Gasteiger partial charge is 0.338 e. The van der Waals surface area contributed by atoms with Gasteiger partial charge in [0, 0.05) is 54.4 Å². The van der Waals surface area contributed by atoms with Crippen LogP contribution >= 0.6 is 0 Å². The highest BCUT2D eigenvalue weighted by Crippen LogP contribution is 2.31. The van der Waals surface area contributed by atoms with E-state index in [1.165, 1.54) is 12.5 Å². The van der Waals surface area contributed by atoms with E-state index in [0.29, 0.717) is 105 Å². The Morgan fingerprint density at radius 2 is 0.852 bits per heavy atom. The van der Waals surface area contributed by atoms with Gasteiger partial charge in [0.2, 0.25) is 51.0 Å². The number of ether oxygens (including phenoxy) is 3. The number of rotatable bonds is 24. The Kier molecular flexibility index (Phi) is 24.6. The number of anilines is 12. The maximum atomic E-state index is 11.9. The Hall–Kier alpha value is -14.6. The Balaban J connectivity index is 0.000000145. The topological polar surface area (TPSA) is 464 Å². The van der Waals surface area contributed by atoms with Crippen LogP contribution in [0.5, 0.6) is 0 Å². The van der Waals surface area contributed by atoms with Crippen LogP contribution < -0.4 is 42.4 Å². The van der Waals surface area contributed by atoms with Crippen molar-refractivity contribution >= 4 is 155 Å². The van der Waals surface area contributed by atoms with Gasteiger partial charge in [-0.15, -0.1) is 0 Å². The highest BCUT2D eigenvalue weighted by Gasteiger charge is 2.21. The standard InChI is InChI=1S/C24H19N7O3.C17H20N6O3.C15H14N6O5.C15H18N6O/c1-2-33-24(32)16-10-12-18(13-11-16)26-20-21(28-23-22(27-20)30-34-31-23)29-25-14-17-8-5-7-15-6-3-4-9-19(15)17;1-4-23(5-2)16-15(19-13-14(20-16)22-26-21-13)18-12-9-7-11(8-10-12)17(24)25-6-3;1-3-24-15(23)9-4-6-10(7-5-9)16-11-12(19-25-8(2)22)18-14-13(17-11)20-26-21-14;1-8(2)16-12-13(19-15-14(18-12)20-22-21-15)17-11-7-5-6-9(3)10(11)4/h3-14H,2H2,1H3,(H,26,27,30)(H,28,29,31);7-10H,4-6H2,1-3H3,(H,18,19,21);4-7H,3H2,1-2H3,(H,16,17,20)(H,18,19,21);5-8H,1-4H3,(H,16,18,20)(H,17,19,21)/b25-14+;;;. The van der Waals surface area contributed by atoms with Gasteiger partial charge in [-0.05, 0) is 204 Å². The quantitative estimate of drug-likeness (QED) is 0.0128. The van der Waals surface area contributed by atoms with Gasteiger partial charge in [0.1, 0.15) is 0 Å². The van der Waals surface area contributed by atoms with Crippen molar-refractivity contribution in [1.82, 2.24) is 81.1 Å². The summed E-state index contributed by atoms with van der Waals surface area (Å²) < 4.78 is 33.7. The third-order valence-corrected chi connectivity index (χ3v) is 15.3. The molecule has 7 N–H and O–H groups in total. The van der Waals surface area contributed by atoms with Crippen LogP contribution in [0, 0.1) is 13.8 Å². The van der Waals surface area contributed by atoms with Gasteiger partial charge in [-0.1, -0.05) is 54.6 Å². The number of carbonyl (C=O) groups is 4. The molecule has 0 fully saturated rings. The van der Waals surface area contributed by atoms with Gasteiger partial charge in [-0.2, -0.15) is 20.5 Å².